The lowest BCUT2D eigenvalue weighted by atomic mass is 9.97. The molecule has 28 heavy (non-hydrogen) atoms. The number of ketones is 1. The highest BCUT2D eigenvalue weighted by Gasteiger charge is 2.39. The minimum atomic E-state index is 0.302. The van der Waals surface area contributed by atoms with Crippen LogP contribution in [-0.4, -0.2) is 68.8 Å². The number of benzene rings is 3. The van der Waals surface area contributed by atoms with Gasteiger partial charge < -0.3 is 17.8 Å². The van der Waals surface area contributed by atoms with Gasteiger partial charge in [0.1, 0.15) is 6.54 Å². The average Bonchev–Trinajstić information content (AvgIpc) is 2.75. The van der Waals surface area contributed by atoms with E-state index in [1.54, 1.807) is 0 Å². The molecule has 3 nitrogen and oxygen atoms in total. The van der Waals surface area contributed by atoms with Crippen LogP contribution in [-0.2, 0) is 0 Å². The van der Waals surface area contributed by atoms with Crippen molar-refractivity contribution in [2.24, 2.45) is 0 Å². The molecule has 6 rings (SSSR count). The summed E-state index contributed by atoms with van der Waals surface area (Å²) < 4.78 is 1.00. The van der Waals surface area contributed by atoms with Crippen LogP contribution in [0.15, 0.2) is 72.8 Å². The molecule has 141 valence electrons. The van der Waals surface area contributed by atoms with Crippen molar-refractivity contribution in [3.05, 3.63) is 78.4 Å². The zero-order valence-corrected chi connectivity index (χ0v) is 16.3. The summed E-state index contributed by atoms with van der Waals surface area (Å²) >= 11 is 0. The number of Topliss-reactive ketones (excluding diaryl/α,β-unsaturated/α-hetero) is 1. The van der Waals surface area contributed by atoms with Crippen LogP contribution in [0.1, 0.15) is 10.4 Å². The van der Waals surface area contributed by atoms with Gasteiger partial charge in [-0.3, -0.25) is 9.69 Å². The van der Waals surface area contributed by atoms with Gasteiger partial charge in [-0.1, -0.05) is 54.6 Å². The number of quaternary nitrogens is 1. The molecule has 3 heterocycles. The second kappa shape index (κ2) is 8.30. The van der Waals surface area contributed by atoms with Crippen molar-refractivity contribution in [3.8, 4) is 0 Å². The van der Waals surface area contributed by atoms with E-state index in [2.05, 4.69) is 29.2 Å². The van der Waals surface area contributed by atoms with Crippen molar-refractivity contribution in [2.75, 3.05) is 45.8 Å². The van der Waals surface area contributed by atoms with Crippen LogP contribution in [0.3, 0.4) is 0 Å². The molecule has 2 bridgehead atoms. The molecule has 3 aromatic carbocycles. The number of hydrogen-bond donors (Lipinski definition) is 0. The molecule has 3 saturated heterocycles. The van der Waals surface area contributed by atoms with Crippen molar-refractivity contribution < 1.29 is 9.28 Å². The van der Waals surface area contributed by atoms with Gasteiger partial charge in [0.2, 0.25) is 5.78 Å². The SMILES string of the molecule is O=C(C[N+]12CCN(CC1)CC2)c1ccc2ccccc2c1.[B-]c1ccccc1. The van der Waals surface area contributed by atoms with Crippen molar-refractivity contribution in [1.29, 1.82) is 0 Å². The maximum Gasteiger partial charge on any atom is 0.216 e. The first-order valence-electron chi connectivity index (χ1n) is 10.0. The number of hydrogen-bond acceptors (Lipinski definition) is 2. The maximum absolute atomic E-state index is 12.7. The standard InChI is InChI=1S/C18H21N2O.C6H5B/c21-18(14-20-10-7-19(8-11-20)9-12-20)17-6-5-15-3-1-2-4-16(15)13-17;7-6-4-2-1-3-5-6/h1-6,13H,7-12,14H2;1-5H/q+1;-1. The second-order valence-electron chi connectivity index (χ2n) is 7.91. The van der Waals surface area contributed by atoms with Gasteiger partial charge in [-0.15, -0.1) is 12.1 Å². The first-order valence-corrected chi connectivity index (χ1v) is 10.0. The monoisotopic (exact) mass is 369 g/mol. The van der Waals surface area contributed by atoms with E-state index >= 15 is 0 Å². The minimum Gasteiger partial charge on any atom is -0.580 e. The molecule has 0 saturated carbocycles. The molecule has 0 spiro atoms. The number of fused-ring (bicyclic) bond motifs is 4. The summed E-state index contributed by atoms with van der Waals surface area (Å²) in [6.45, 7) is 7.56. The van der Waals surface area contributed by atoms with Crippen molar-refractivity contribution in [2.45, 2.75) is 0 Å². The van der Waals surface area contributed by atoms with E-state index < -0.39 is 0 Å². The van der Waals surface area contributed by atoms with Crippen LogP contribution in [0, 0.1) is 0 Å². The van der Waals surface area contributed by atoms with E-state index in [1.807, 2.05) is 48.5 Å². The van der Waals surface area contributed by atoms with E-state index in [9.17, 15) is 4.79 Å². The number of piperazine rings is 3. The minimum absolute atomic E-state index is 0.302. The summed E-state index contributed by atoms with van der Waals surface area (Å²) in [5.74, 6) is 0.302. The van der Waals surface area contributed by atoms with Gasteiger partial charge in [0, 0.05) is 25.2 Å². The molecule has 3 radical (unpaired) electrons. The molecule has 0 aromatic heterocycles. The third kappa shape index (κ3) is 4.35. The quantitative estimate of drug-likeness (QED) is 0.402. The van der Waals surface area contributed by atoms with Crippen LogP contribution in [0.5, 0.6) is 0 Å². The lowest BCUT2D eigenvalue weighted by molar-refractivity contribution is -0.933. The molecule has 0 atom stereocenters. The molecule has 0 amide bonds. The molecule has 0 N–H and O–H groups in total. The van der Waals surface area contributed by atoms with Gasteiger partial charge in [0.25, 0.3) is 0 Å². The van der Waals surface area contributed by atoms with Crippen LogP contribution in [0.2, 0.25) is 0 Å². The summed E-state index contributed by atoms with van der Waals surface area (Å²) in [7, 11) is 5.36. The first kappa shape index (κ1) is 18.9. The Labute approximate surface area is 168 Å². The number of carbonyl (C=O) groups is 1. The van der Waals surface area contributed by atoms with Crippen molar-refractivity contribution in [1.82, 2.24) is 4.90 Å². The average molecular weight is 369 g/mol. The maximum atomic E-state index is 12.7. The van der Waals surface area contributed by atoms with Gasteiger partial charge in [0.05, 0.1) is 19.6 Å². The lowest BCUT2D eigenvalue weighted by Crippen LogP contribution is -2.68. The fourth-order valence-electron chi connectivity index (χ4n) is 4.18. The van der Waals surface area contributed by atoms with E-state index in [1.165, 1.54) is 5.39 Å². The molecule has 4 heteroatoms. The summed E-state index contributed by atoms with van der Waals surface area (Å²) in [6, 6.07) is 23.8. The topological polar surface area (TPSA) is 20.3 Å². The molecule has 3 aliphatic heterocycles. The highest BCUT2D eigenvalue weighted by Crippen LogP contribution is 2.22. The normalized spacial score (nSPS) is 23.1. The molecule has 3 aliphatic rings. The van der Waals surface area contributed by atoms with E-state index in [4.69, 9.17) is 7.85 Å². The number of rotatable bonds is 3. The zero-order valence-electron chi connectivity index (χ0n) is 16.3. The molecule has 0 aliphatic carbocycles. The van der Waals surface area contributed by atoms with E-state index in [0.29, 0.717) is 12.3 Å². The fourth-order valence-corrected chi connectivity index (χ4v) is 4.18. The zero-order chi connectivity index (χ0) is 19.4. The van der Waals surface area contributed by atoms with E-state index in [-0.39, 0.29) is 0 Å². The van der Waals surface area contributed by atoms with Gasteiger partial charge in [0.15, 0.2) is 0 Å². The Morgan fingerprint density at radius 2 is 1.43 bits per heavy atom. The number of nitrogens with zero attached hydrogens (tertiary/aromatic N) is 2. The second-order valence-corrected chi connectivity index (χ2v) is 7.91. The van der Waals surface area contributed by atoms with Gasteiger partial charge in [-0.05, 0) is 16.8 Å². The van der Waals surface area contributed by atoms with Crippen molar-refractivity contribution in [3.63, 3.8) is 0 Å². The van der Waals surface area contributed by atoms with Crippen LogP contribution < -0.4 is 5.46 Å². The third-order valence-corrected chi connectivity index (χ3v) is 6.02. The Bertz CT molecular complexity index is 935. The fraction of sp³-hybridized carbons (Fsp3) is 0.292. The predicted molar refractivity (Wildman–Crippen MR) is 116 cm³/mol. The highest BCUT2D eigenvalue weighted by molar-refractivity contribution is 6.32. The van der Waals surface area contributed by atoms with Crippen LogP contribution in [0.25, 0.3) is 10.8 Å². The first-order chi connectivity index (χ1) is 13.6. The Morgan fingerprint density at radius 3 is 2.04 bits per heavy atom. The molecule has 0 unspecified atom stereocenters. The van der Waals surface area contributed by atoms with Crippen LogP contribution >= 0.6 is 0 Å². The largest absolute Gasteiger partial charge is 0.580 e. The Kier molecular flexibility index (Phi) is 5.60. The molecular formula is C24H26BN2O. The van der Waals surface area contributed by atoms with E-state index in [0.717, 1.165) is 60.2 Å². The smallest absolute Gasteiger partial charge is 0.216 e. The lowest BCUT2D eigenvalue weighted by Gasteiger charge is -2.50. The Balaban J connectivity index is 0.000000233. The number of carbonyl (C=O) groups excluding carboxylic acids is 1. The van der Waals surface area contributed by atoms with Crippen LogP contribution in [0.4, 0.5) is 0 Å². The molecule has 3 aromatic rings. The van der Waals surface area contributed by atoms with Gasteiger partial charge in [-0.2, -0.15) is 0 Å². The molecule has 3 fully saturated rings. The van der Waals surface area contributed by atoms with Crippen molar-refractivity contribution >= 4 is 29.9 Å². The summed E-state index contributed by atoms with van der Waals surface area (Å²) in [5, 5.41) is 2.36. The Morgan fingerprint density at radius 1 is 0.821 bits per heavy atom. The summed E-state index contributed by atoms with van der Waals surface area (Å²) in [4.78, 5) is 15.2. The summed E-state index contributed by atoms with van der Waals surface area (Å²) in [5.41, 5.74) is 1.69. The summed E-state index contributed by atoms with van der Waals surface area (Å²) in [6.07, 6.45) is 0. The predicted octanol–water partition coefficient (Wildman–Crippen LogP) is 2.65. The molecular weight excluding hydrogens is 343 g/mol. The highest BCUT2D eigenvalue weighted by atomic mass is 16.1. The van der Waals surface area contributed by atoms with Gasteiger partial charge in [-0.25, -0.2) is 0 Å². The Hall–Kier alpha value is -2.43. The third-order valence-electron chi connectivity index (χ3n) is 6.02. The van der Waals surface area contributed by atoms with Gasteiger partial charge >= 0.3 is 0 Å².